The molecule has 0 saturated carbocycles. The van der Waals surface area contributed by atoms with Gasteiger partial charge in [0.05, 0.1) is 6.26 Å². The van der Waals surface area contributed by atoms with E-state index in [1.807, 2.05) is 0 Å². The molecule has 6 atom stereocenters. The van der Waals surface area contributed by atoms with E-state index >= 15 is 0 Å². The first-order chi connectivity index (χ1) is 25.4. The topological polar surface area (TPSA) is 236 Å². The lowest BCUT2D eigenvalue weighted by Crippen LogP contribution is -2.60. The van der Waals surface area contributed by atoms with Crippen LogP contribution in [0.3, 0.4) is 0 Å². The van der Waals surface area contributed by atoms with Gasteiger partial charge in [0.1, 0.15) is 29.9 Å². The minimum atomic E-state index is -2.29. The maximum atomic E-state index is 14.1. The number of aliphatic carboxylic acids is 1. The van der Waals surface area contributed by atoms with E-state index in [0.717, 1.165) is 4.47 Å². The Morgan fingerprint density at radius 1 is 0.717 bits per heavy atom. The summed E-state index contributed by atoms with van der Waals surface area (Å²) in [6.45, 7) is 0. The fraction of sp³-hybridized carbons (Fsp3) is 0.278. The van der Waals surface area contributed by atoms with Gasteiger partial charge >= 0.3 is 5.97 Å². The first kappa shape index (κ1) is 38.9. The number of fused-ring (bicyclic) bond motifs is 18. The molecule has 17 heteroatoms. The van der Waals surface area contributed by atoms with E-state index in [1.54, 1.807) is 53.9 Å². The van der Waals surface area contributed by atoms with Crippen molar-refractivity contribution in [1.29, 1.82) is 0 Å². The molecule has 2 aliphatic rings. The summed E-state index contributed by atoms with van der Waals surface area (Å²) in [5, 5.41) is 45.6. The summed E-state index contributed by atoms with van der Waals surface area (Å²) < 4.78 is 6.18. The maximum absolute atomic E-state index is 14.1. The van der Waals surface area contributed by atoms with Gasteiger partial charge in [0, 0.05) is 40.7 Å². The largest absolute Gasteiger partial charge is 0.480 e. The number of carbonyl (C=O) groups is 6. The van der Waals surface area contributed by atoms with Gasteiger partial charge in [-0.3, -0.25) is 24.0 Å². The Kier molecular flexibility index (Phi) is 13.1. The molecule has 2 aliphatic heterocycles. The van der Waals surface area contributed by atoms with Crippen LogP contribution >= 0.6 is 27.3 Å². The summed E-state index contributed by atoms with van der Waals surface area (Å²) >= 11 is 4.65. The lowest BCUT2D eigenvalue weighted by molar-refractivity contribution is -0.145. The van der Waals surface area contributed by atoms with Crippen molar-refractivity contribution in [2.24, 2.45) is 0 Å². The zero-order valence-electron chi connectivity index (χ0n) is 27.9. The molecule has 5 amide bonds. The summed E-state index contributed by atoms with van der Waals surface area (Å²) in [6, 6.07) is 13.7. The van der Waals surface area contributed by atoms with E-state index in [0.29, 0.717) is 21.8 Å². The molecule has 2 bridgehead atoms. The van der Waals surface area contributed by atoms with Crippen LogP contribution in [-0.4, -0.2) is 87.2 Å². The number of rotatable bonds is 7. The predicted molar refractivity (Wildman–Crippen MR) is 194 cm³/mol. The Bertz CT molecular complexity index is 1910. The Hall–Kier alpha value is -5.36. The van der Waals surface area contributed by atoms with Crippen molar-refractivity contribution >= 4 is 68.5 Å². The van der Waals surface area contributed by atoms with Crippen LogP contribution in [0.25, 0.3) is 0 Å². The van der Waals surface area contributed by atoms with Crippen molar-refractivity contribution < 1.29 is 48.5 Å². The van der Waals surface area contributed by atoms with Gasteiger partial charge in [0.15, 0.2) is 12.2 Å². The minimum Gasteiger partial charge on any atom is -0.480 e. The van der Waals surface area contributed by atoms with Gasteiger partial charge in [-0.15, -0.1) is 11.3 Å². The van der Waals surface area contributed by atoms with Crippen LogP contribution < -0.4 is 26.6 Å². The first-order valence-electron chi connectivity index (χ1n) is 16.4. The molecule has 0 spiro atoms. The molecule has 6 rings (SSSR count). The highest BCUT2D eigenvalue weighted by Gasteiger charge is 2.36. The van der Waals surface area contributed by atoms with Crippen molar-refractivity contribution in [2.75, 3.05) is 5.32 Å². The number of halogens is 1. The second-order valence-corrected chi connectivity index (χ2v) is 14.2. The SMILES string of the molecule is O=C1N[C@H](Cc2ccco2)C(=O)N[C@@H](C(=O)O)Cc2ccc(cc2)NC(=O)[C@H](O)[C@@H](O)C(=O)N[C@H](Cc2cccs2)C(=O)N[C@H]1Cc1ccc(Br)cc1. The van der Waals surface area contributed by atoms with E-state index < -0.39 is 71.9 Å². The van der Waals surface area contributed by atoms with Gasteiger partial charge in [-0.25, -0.2) is 4.79 Å². The van der Waals surface area contributed by atoms with Crippen LogP contribution in [0.4, 0.5) is 5.69 Å². The Labute approximate surface area is 315 Å². The lowest BCUT2D eigenvalue weighted by atomic mass is 10.0. The molecular formula is C36H36BrN5O10S. The molecule has 0 radical (unpaired) electrons. The van der Waals surface area contributed by atoms with Crippen molar-refractivity contribution in [2.45, 2.75) is 62.1 Å². The fourth-order valence-corrected chi connectivity index (χ4v) is 6.50. The minimum absolute atomic E-state index is 0.0747. The molecule has 4 heterocycles. The number of benzene rings is 2. The summed E-state index contributed by atoms with van der Waals surface area (Å²) in [5.41, 5.74) is 1.22. The molecule has 278 valence electrons. The number of nitrogens with one attached hydrogen (secondary N) is 5. The smallest absolute Gasteiger partial charge is 0.326 e. The fourth-order valence-electron chi connectivity index (χ4n) is 5.48. The van der Waals surface area contributed by atoms with Crippen molar-refractivity contribution in [1.82, 2.24) is 21.3 Å². The third-order valence-electron chi connectivity index (χ3n) is 8.34. The number of thiophene rings is 1. The van der Waals surface area contributed by atoms with Gasteiger partial charge in [-0.05, 0) is 59.0 Å². The number of anilines is 1. The molecule has 0 unspecified atom stereocenters. The normalized spacial score (nSPS) is 23.5. The summed E-state index contributed by atoms with van der Waals surface area (Å²) in [7, 11) is 0. The first-order valence-corrected chi connectivity index (χ1v) is 18.0. The number of carbonyl (C=O) groups excluding carboxylic acids is 5. The number of carboxylic acids is 1. The number of aliphatic hydroxyl groups is 2. The van der Waals surface area contributed by atoms with Crippen LogP contribution in [0, 0.1) is 0 Å². The van der Waals surface area contributed by atoms with Crippen LogP contribution in [0.1, 0.15) is 21.8 Å². The average molecular weight is 811 g/mol. The summed E-state index contributed by atoms with van der Waals surface area (Å²) in [6.07, 6.45) is -3.67. The second-order valence-electron chi connectivity index (χ2n) is 12.3. The molecule has 0 fully saturated rings. The number of carboxylic acid groups (broad SMARTS) is 1. The van der Waals surface area contributed by atoms with Crippen LogP contribution in [0.15, 0.2) is 93.3 Å². The number of furan rings is 1. The lowest BCUT2D eigenvalue weighted by Gasteiger charge is -2.26. The second kappa shape index (κ2) is 17.9. The van der Waals surface area contributed by atoms with Gasteiger partial charge in [0.2, 0.25) is 17.7 Å². The Morgan fingerprint density at radius 2 is 1.32 bits per heavy atom. The molecule has 4 aromatic rings. The van der Waals surface area contributed by atoms with E-state index in [-0.39, 0.29) is 31.4 Å². The zero-order chi connectivity index (χ0) is 38.1. The van der Waals surface area contributed by atoms with Crippen LogP contribution in [-0.2, 0) is 54.5 Å². The van der Waals surface area contributed by atoms with E-state index in [4.69, 9.17) is 4.42 Å². The van der Waals surface area contributed by atoms with Crippen molar-refractivity contribution in [3.05, 3.63) is 111 Å². The van der Waals surface area contributed by atoms with Crippen molar-refractivity contribution in [3.63, 3.8) is 0 Å². The number of hydrogen-bond donors (Lipinski definition) is 8. The molecule has 8 N–H and O–H groups in total. The zero-order valence-corrected chi connectivity index (χ0v) is 30.3. The predicted octanol–water partition coefficient (Wildman–Crippen LogP) is 1.07. The molecule has 53 heavy (non-hydrogen) atoms. The maximum Gasteiger partial charge on any atom is 0.326 e. The highest BCUT2D eigenvalue weighted by Crippen LogP contribution is 2.17. The number of amides is 5. The summed E-state index contributed by atoms with van der Waals surface area (Å²) in [4.78, 5) is 80.8. The molecule has 15 nitrogen and oxygen atoms in total. The Balaban J connectivity index is 1.52. The molecule has 0 aliphatic carbocycles. The highest BCUT2D eigenvalue weighted by molar-refractivity contribution is 9.10. The molecular weight excluding hydrogens is 774 g/mol. The number of hydrogen-bond acceptors (Lipinski definition) is 10. The van der Waals surface area contributed by atoms with Crippen LogP contribution in [0.2, 0.25) is 0 Å². The van der Waals surface area contributed by atoms with Gasteiger partial charge in [0.25, 0.3) is 11.8 Å². The third-order valence-corrected chi connectivity index (χ3v) is 9.76. The number of aliphatic hydroxyl groups excluding tert-OH is 2. The highest BCUT2D eigenvalue weighted by atomic mass is 79.9. The molecule has 0 saturated heterocycles. The molecule has 2 aromatic heterocycles. The summed E-state index contributed by atoms with van der Waals surface area (Å²) in [5.74, 6) is -5.90. The average Bonchev–Trinajstić information content (AvgIpc) is 3.86. The van der Waals surface area contributed by atoms with Gasteiger partial charge in [-0.2, -0.15) is 0 Å². The molecule has 2 aromatic carbocycles. The van der Waals surface area contributed by atoms with Gasteiger partial charge < -0.3 is 46.3 Å². The quantitative estimate of drug-likeness (QED) is 0.124. The van der Waals surface area contributed by atoms with Crippen LogP contribution in [0.5, 0.6) is 0 Å². The van der Waals surface area contributed by atoms with E-state index in [2.05, 4.69) is 42.5 Å². The monoisotopic (exact) mass is 809 g/mol. The van der Waals surface area contributed by atoms with Gasteiger partial charge in [-0.1, -0.05) is 46.3 Å². The van der Waals surface area contributed by atoms with E-state index in [1.165, 1.54) is 41.9 Å². The van der Waals surface area contributed by atoms with E-state index in [9.17, 15) is 44.1 Å². The standard InChI is InChI=1S/C36H36BrN5O10S/c37-21-9-5-19(6-10-21)15-25-31(45)40-26(17-23-3-1-13-52-23)32(46)42-28(36(50)51)16-20-7-11-22(12-8-20)38-34(48)29(43)30(44)35(49)41-27(33(47)39-25)18-24-4-2-14-53-24/h1-14,25-30,43-44H,15-18H2,(H,38,48)(H,39,47)(H,40,45)(H,41,49)(H,42,46)(H,50,51)/t25-,26+,27+,28+,29+,30+/m0/s1. The third kappa shape index (κ3) is 10.8. The van der Waals surface area contributed by atoms with Crippen molar-refractivity contribution in [3.8, 4) is 0 Å². The Morgan fingerprint density at radius 3 is 1.92 bits per heavy atom.